The molecule has 1 N–H and O–H groups in total. The van der Waals surface area contributed by atoms with Crippen LogP contribution in [-0.4, -0.2) is 74.0 Å². The van der Waals surface area contributed by atoms with Gasteiger partial charge in [0.25, 0.3) is 0 Å². The molecule has 2 aliphatic heterocycles. The predicted octanol–water partition coefficient (Wildman–Crippen LogP) is 6.44. The zero-order chi connectivity index (χ0) is 27.2. The van der Waals surface area contributed by atoms with E-state index in [4.69, 9.17) is 21.1 Å². The second kappa shape index (κ2) is 16.8. The second-order valence-corrected chi connectivity index (χ2v) is 13.0. The molecule has 4 rings (SSSR count). The predicted molar refractivity (Wildman–Crippen MR) is 160 cm³/mol. The molecule has 0 aliphatic carbocycles. The first-order chi connectivity index (χ1) is 18.4. The Balaban J connectivity index is 0.000000223. The summed E-state index contributed by atoms with van der Waals surface area (Å²) in [6.07, 6.45) is 5.19. The van der Waals surface area contributed by atoms with E-state index >= 15 is 0 Å². The Morgan fingerprint density at radius 1 is 0.974 bits per heavy atom. The molecule has 0 unspecified atom stereocenters. The molecule has 210 valence electrons. The molecule has 2 aromatic rings. The number of hydrogen-bond acceptors (Lipinski definition) is 8. The zero-order valence-corrected chi connectivity index (χ0v) is 25.3. The van der Waals surface area contributed by atoms with E-state index in [0.29, 0.717) is 17.7 Å². The standard InChI is InChI=1S/C16H25N3OS2.C13H17ClO2/c1-17-14-6-8-18(9-7-14)21-15-2-4-16(5-3-15)22-19-10-12-20-13-11-19;1-13(2,10-15)8-3-9-16-12-6-4-11(14)5-7-12/h2-5,14,17H,6-13H2,1H3;4-7,10H,3,8-9H2,1-2H3. The molecule has 0 saturated carbocycles. The molecule has 9 heteroatoms. The fourth-order valence-electron chi connectivity index (χ4n) is 4.04. The van der Waals surface area contributed by atoms with Crippen molar-refractivity contribution in [3.8, 4) is 5.75 Å². The molecule has 0 bridgehead atoms. The van der Waals surface area contributed by atoms with Crippen LogP contribution in [0.15, 0.2) is 58.3 Å². The van der Waals surface area contributed by atoms with Crippen molar-refractivity contribution >= 4 is 41.8 Å². The summed E-state index contributed by atoms with van der Waals surface area (Å²) in [5.74, 6) is 0.813. The third-order valence-electron chi connectivity index (χ3n) is 6.49. The molecular weight excluding hydrogens is 538 g/mol. The Kier molecular flexibility index (Phi) is 13.8. The van der Waals surface area contributed by atoms with Crippen molar-refractivity contribution in [3.63, 3.8) is 0 Å². The fraction of sp³-hybridized carbons (Fsp3) is 0.552. The van der Waals surface area contributed by atoms with Gasteiger partial charge in [-0.15, -0.1) is 0 Å². The largest absolute Gasteiger partial charge is 0.494 e. The first-order valence-electron chi connectivity index (χ1n) is 13.4. The minimum atomic E-state index is -0.247. The fourth-order valence-corrected chi connectivity index (χ4v) is 6.00. The Morgan fingerprint density at radius 3 is 2.05 bits per heavy atom. The number of aldehydes is 1. The lowest BCUT2D eigenvalue weighted by molar-refractivity contribution is -0.115. The number of benzene rings is 2. The number of rotatable bonds is 11. The molecule has 2 heterocycles. The van der Waals surface area contributed by atoms with Gasteiger partial charge in [-0.25, -0.2) is 8.61 Å². The molecule has 0 spiro atoms. The molecule has 6 nitrogen and oxygen atoms in total. The summed E-state index contributed by atoms with van der Waals surface area (Å²) in [5, 5.41) is 4.09. The van der Waals surface area contributed by atoms with Crippen LogP contribution < -0.4 is 10.1 Å². The van der Waals surface area contributed by atoms with E-state index < -0.39 is 0 Å². The number of nitrogens with one attached hydrogen (secondary N) is 1. The maximum Gasteiger partial charge on any atom is 0.125 e. The molecule has 0 radical (unpaired) electrons. The molecule has 0 amide bonds. The van der Waals surface area contributed by atoms with E-state index in [1.807, 2.05) is 49.9 Å². The zero-order valence-electron chi connectivity index (χ0n) is 22.9. The summed E-state index contributed by atoms with van der Waals surface area (Å²) in [4.78, 5) is 13.3. The molecule has 0 aromatic heterocycles. The van der Waals surface area contributed by atoms with Crippen LogP contribution in [0.2, 0.25) is 5.02 Å². The van der Waals surface area contributed by atoms with Gasteiger partial charge in [-0.05, 0) is 105 Å². The third-order valence-corrected chi connectivity index (χ3v) is 8.96. The van der Waals surface area contributed by atoms with Crippen molar-refractivity contribution in [3.05, 3.63) is 53.6 Å². The third kappa shape index (κ3) is 11.9. The average Bonchev–Trinajstić information content (AvgIpc) is 2.94. The number of carbonyl (C=O) groups excluding carboxylic acids is 1. The number of halogens is 1. The highest BCUT2D eigenvalue weighted by Gasteiger charge is 2.19. The van der Waals surface area contributed by atoms with Crippen LogP contribution in [0.1, 0.15) is 39.5 Å². The smallest absolute Gasteiger partial charge is 0.125 e. The molecule has 38 heavy (non-hydrogen) atoms. The van der Waals surface area contributed by atoms with Gasteiger partial charge in [0.2, 0.25) is 0 Å². The van der Waals surface area contributed by atoms with Gasteiger partial charge >= 0.3 is 0 Å². The molecule has 2 fully saturated rings. The summed E-state index contributed by atoms with van der Waals surface area (Å²) >= 11 is 9.50. The molecule has 2 aliphatic rings. The topological polar surface area (TPSA) is 54.0 Å². The van der Waals surface area contributed by atoms with Gasteiger partial charge in [0, 0.05) is 52.4 Å². The van der Waals surface area contributed by atoms with Gasteiger partial charge in [0.05, 0.1) is 19.8 Å². The number of ether oxygens (including phenoxy) is 2. The molecule has 2 aromatic carbocycles. The van der Waals surface area contributed by atoms with E-state index in [1.165, 1.54) is 35.7 Å². The minimum Gasteiger partial charge on any atom is -0.494 e. The van der Waals surface area contributed by atoms with E-state index in [-0.39, 0.29) is 5.41 Å². The lowest BCUT2D eigenvalue weighted by Crippen LogP contribution is -2.38. The second-order valence-electron chi connectivity index (χ2n) is 10.2. The maximum absolute atomic E-state index is 10.7. The lowest BCUT2D eigenvalue weighted by atomic mass is 9.90. The minimum absolute atomic E-state index is 0.247. The van der Waals surface area contributed by atoms with Gasteiger partial charge in [-0.3, -0.25) is 0 Å². The summed E-state index contributed by atoms with van der Waals surface area (Å²) in [6.45, 7) is 10.6. The summed E-state index contributed by atoms with van der Waals surface area (Å²) < 4.78 is 15.8. The Labute approximate surface area is 242 Å². The van der Waals surface area contributed by atoms with Crippen LogP contribution in [0.5, 0.6) is 5.75 Å². The van der Waals surface area contributed by atoms with E-state index in [2.05, 4.69) is 45.2 Å². The maximum atomic E-state index is 10.7. The molecular formula is C29H42ClN3O3S2. The van der Waals surface area contributed by atoms with E-state index in [1.54, 1.807) is 12.1 Å². The van der Waals surface area contributed by atoms with Gasteiger partial charge in [0.1, 0.15) is 12.0 Å². The number of nitrogens with zero attached hydrogens (tertiary/aromatic N) is 2. The van der Waals surface area contributed by atoms with Crippen molar-refractivity contribution < 1.29 is 14.3 Å². The number of carbonyl (C=O) groups is 1. The SMILES string of the molecule is CC(C)(C=O)CCCOc1ccc(Cl)cc1.CNC1CCN(Sc2ccc(SN3CCOCC3)cc2)CC1. The van der Waals surface area contributed by atoms with Crippen LogP contribution in [-0.2, 0) is 9.53 Å². The van der Waals surface area contributed by atoms with Gasteiger partial charge in [-0.2, -0.15) is 0 Å². The van der Waals surface area contributed by atoms with Gasteiger partial charge in [0.15, 0.2) is 0 Å². The molecule has 0 atom stereocenters. The lowest BCUT2D eigenvalue weighted by Gasteiger charge is -2.30. The van der Waals surface area contributed by atoms with Crippen LogP contribution in [0, 0.1) is 5.41 Å². The van der Waals surface area contributed by atoms with Crippen LogP contribution in [0.4, 0.5) is 0 Å². The normalized spacial score (nSPS) is 17.5. The van der Waals surface area contributed by atoms with E-state index in [0.717, 1.165) is 51.2 Å². The highest BCUT2D eigenvalue weighted by atomic mass is 35.5. The van der Waals surface area contributed by atoms with E-state index in [9.17, 15) is 4.79 Å². The highest BCUT2D eigenvalue weighted by molar-refractivity contribution is 7.97. The average molecular weight is 580 g/mol. The number of hydrogen-bond donors (Lipinski definition) is 1. The van der Waals surface area contributed by atoms with Crippen molar-refractivity contribution in [1.82, 2.24) is 13.9 Å². The van der Waals surface area contributed by atoms with Crippen LogP contribution in [0.3, 0.4) is 0 Å². The first kappa shape index (κ1) is 31.3. The Hall–Kier alpha value is -1.26. The van der Waals surface area contributed by atoms with Gasteiger partial charge in [-0.1, -0.05) is 25.4 Å². The van der Waals surface area contributed by atoms with Crippen molar-refractivity contribution in [2.75, 3.05) is 53.0 Å². The summed E-state index contributed by atoms with van der Waals surface area (Å²) in [6, 6.07) is 16.9. The first-order valence-corrected chi connectivity index (χ1v) is 15.3. The summed E-state index contributed by atoms with van der Waals surface area (Å²) in [7, 11) is 2.07. The van der Waals surface area contributed by atoms with Crippen LogP contribution in [0.25, 0.3) is 0 Å². The van der Waals surface area contributed by atoms with Gasteiger partial charge < -0.3 is 19.6 Å². The van der Waals surface area contributed by atoms with Crippen LogP contribution >= 0.6 is 35.5 Å². The Morgan fingerprint density at radius 2 is 1.53 bits per heavy atom. The van der Waals surface area contributed by atoms with Crippen molar-refractivity contribution in [2.24, 2.45) is 5.41 Å². The quantitative estimate of drug-likeness (QED) is 0.185. The van der Waals surface area contributed by atoms with Crippen molar-refractivity contribution in [2.45, 2.75) is 55.4 Å². The monoisotopic (exact) mass is 579 g/mol. The number of morpholine rings is 1. The summed E-state index contributed by atoms with van der Waals surface area (Å²) in [5.41, 5.74) is -0.247. The van der Waals surface area contributed by atoms with Crippen molar-refractivity contribution in [1.29, 1.82) is 0 Å². The molecule has 2 saturated heterocycles. The number of piperidine rings is 1. The highest BCUT2D eigenvalue weighted by Crippen LogP contribution is 2.30. The Bertz CT molecular complexity index is 933.